The second kappa shape index (κ2) is 17.6. The average molecular weight is 541 g/mol. The van der Waals surface area contributed by atoms with Gasteiger partial charge in [-0.1, -0.05) is 12.1 Å². The van der Waals surface area contributed by atoms with Gasteiger partial charge in [0.25, 0.3) is 0 Å². The third-order valence-corrected chi connectivity index (χ3v) is 6.05. The van der Waals surface area contributed by atoms with Gasteiger partial charge in [0.1, 0.15) is 23.9 Å². The monoisotopic (exact) mass is 540 g/mol. The van der Waals surface area contributed by atoms with Gasteiger partial charge in [-0.2, -0.15) is 12.6 Å². The van der Waals surface area contributed by atoms with Crippen molar-refractivity contribution in [3.63, 3.8) is 0 Å². The first-order chi connectivity index (χ1) is 17.6. The Morgan fingerprint density at radius 2 is 1.27 bits per heavy atom. The van der Waals surface area contributed by atoms with Crippen molar-refractivity contribution in [2.75, 3.05) is 18.8 Å². The minimum absolute atomic E-state index is 0.0581. The highest BCUT2D eigenvalue weighted by atomic mass is 32.1. The van der Waals surface area contributed by atoms with Crippen LogP contribution in [-0.4, -0.2) is 76.9 Å². The molecule has 0 saturated carbocycles. The molecule has 0 aliphatic carbocycles. The number of hydrogen-bond donors (Lipinski definition) is 9. The number of phenolic OH excluding ortho intramolecular Hbond substituents is 1. The third kappa shape index (κ3) is 12.3. The summed E-state index contributed by atoms with van der Waals surface area (Å²) in [7, 11) is 0. The van der Waals surface area contributed by atoms with Gasteiger partial charge < -0.3 is 43.4 Å². The maximum atomic E-state index is 12.9. The number of phenols is 1. The number of rotatable bonds is 18. The Labute approximate surface area is 222 Å². The van der Waals surface area contributed by atoms with Gasteiger partial charge in [-0.25, -0.2) is 4.79 Å². The number of benzene rings is 1. The summed E-state index contributed by atoms with van der Waals surface area (Å²) in [5, 5.41) is 26.5. The largest absolute Gasteiger partial charge is 0.508 e. The molecule has 208 valence electrons. The minimum atomic E-state index is -1.18. The van der Waals surface area contributed by atoms with Gasteiger partial charge in [-0.05, 0) is 75.7 Å². The highest BCUT2D eigenvalue weighted by molar-refractivity contribution is 7.80. The standard InChI is InChI=1S/C24H40N6O6S/c25-11-3-1-5-18(22(33)29-19(24(35)36)6-2-4-12-26)28-23(34)20(14-37)30-21(32)17(27)13-15-7-9-16(31)10-8-15/h7-10,17-20,31,37H,1-6,11-14,25-27H2,(H,28,34)(H,29,33)(H,30,32)(H,35,36). The number of aliphatic carboxylic acids is 1. The number of aromatic hydroxyl groups is 1. The van der Waals surface area contributed by atoms with Crippen molar-refractivity contribution in [1.29, 1.82) is 0 Å². The molecule has 0 saturated heterocycles. The number of nitrogens with one attached hydrogen (secondary N) is 3. The number of unbranched alkanes of at least 4 members (excludes halogenated alkanes) is 2. The highest BCUT2D eigenvalue weighted by Crippen LogP contribution is 2.11. The molecule has 12 nitrogen and oxygen atoms in total. The van der Waals surface area contributed by atoms with Crippen LogP contribution in [0, 0.1) is 0 Å². The van der Waals surface area contributed by atoms with E-state index in [1.54, 1.807) is 12.1 Å². The molecule has 0 radical (unpaired) electrons. The van der Waals surface area contributed by atoms with Crippen molar-refractivity contribution in [3.8, 4) is 5.75 Å². The van der Waals surface area contributed by atoms with Crippen LogP contribution in [-0.2, 0) is 25.6 Å². The van der Waals surface area contributed by atoms with Crippen molar-refractivity contribution in [1.82, 2.24) is 16.0 Å². The minimum Gasteiger partial charge on any atom is -0.508 e. The van der Waals surface area contributed by atoms with E-state index >= 15 is 0 Å². The fourth-order valence-electron chi connectivity index (χ4n) is 3.51. The van der Waals surface area contributed by atoms with E-state index in [1.807, 2.05) is 0 Å². The average Bonchev–Trinajstić information content (AvgIpc) is 2.87. The molecule has 1 rings (SSSR count). The lowest BCUT2D eigenvalue weighted by atomic mass is 10.0. The van der Waals surface area contributed by atoms with Gasteiger partial charge in [0.05, 0.1) is 6.04 Å². The van der Waals surface area contributed by atoms with Crippen molar-refractivity contribution < 1.29 is 29.4 Å². The Balaban J connectivity index is 2.82. The molecule has 0 aliphatic heterocycles. The predicted molar refractivity (Wildman–Crippen MR) is 143 cm³/mol. The first-order valence-corrected chi connectivity index (χ1v) is 12.9. The van der Waals surface area contributed by atoms with Crippen molar-refractivity contribution in [2.45, 2.75) is 69.1 Å². The topological polar surface area (TPSA) is 223 Å². The number of carbonyl (C=O) groups excluding carboxylic acids is 3. The molecule has 0 fully saturated rings. The highest BCUT2D eigenvalue weighted by Gasteiger charge is 2.29. The van der Waals surface area contributed by atoms with Crippen LogP contribution in [0.5, 0.6) is 5.75 Å². The van der Waals surface area contributed by atoms with Crippen LogP contribution in [0.25, 0.3) is 0 Å². The number of carboxylic acid groups (broad SMARTS) is 1. The second-order valence-electron chi connectivity index (χ2n) is 8.75. The molecular formula is C24H40N6O6S. The smallest absolute Gasteiger partial charge is 0.326 e. The van der Waals surface area contributed by atoms with Crippen LogP contribution in [0.3, 0.4) is 0 Å². The van der Waals surface area contributed by atoms with Crippen LogP contribution >= 0.6 is 12.6 Å². The zero-order valence-corrected chi connectivity index (χ0v) is 21.8. The summed E-state index contributed by atoms with van der Waals surface area (Å²) in [6, 6.07) is 2.04. The summed E-state index contributed by atoms with van der Waals surface area (Å²) in [5.74, 6) is -3.03. The molecule has 4 unspecified atom stereocenters. The number of carboxylic acids is 1. The van der Waals surface area contributed by atoms with Crippen LogP contribution in [0.1, 0.15) is 44.1 Å². The molecule has 13 heteroatoms. The summed E-state index contributed by atoms with van der Waals surface area (Å²) in [5.41, 5.74) is 17.7. The molecule has 0 bridgehead atoms. The fourth-order valence-corrected chi connectivity index (χ4v) is 3.77. The van der Waals surface area contributed by atoms with Gasteiger partial charge in [-0.3, -0.25) is 14.4 Å². The molecule has 3 amide bonds. The predicted octanol–water partition coefficient (Wildman–Crippen LogP) is -1.01. The van der Waals surface area contributed by atoms with E-state index in [1.165, 1.54) is 12.1 Å². The third-order valence-electron chi connectivity index (χ3n) is 5.69. The Bertz CT molecular complexity index is 872. The van der Waals surface area contributed by atoms with Gasteiger partial charge in [0.2, 0.25) is 17.7 Å². The van der Waals surface area contributed by atoms with E-state index in [0.717, 1.165) is 5.56 Å². The lowest BCUT2D eigenvalue weighted by Gasteiger charge is -2.24. The quantitative estimate of drug-likeness (QED) is 0.0820. The summed E-state index contributed by atoms with van der Waals surface area (Å²) in [6.45, 7) is 0.806. The summed E-state index contributed by atoms with van der Waals surface area (Å²) < 4.78 is 0. The van der Waals surface area contributed by atoms with E-state index in [4.69, 9.17) is 17.2 Å². The SMILES string of the molecule is NCCCCC(NC(=O)C(CCCCN)NC(=O)C(CS)NC(=O)C(N)Cc1ccc(O)cc1)C(=O)O. The molecule has 37 heavy (non-hydrogen) atoms. The second-order valence-corrected chi connectivity index (χ2v) is 9.12. The number of nitrogens with two attached hydrogens (primary N) is 3. The molecule has 0 heterocycles. The molecule has 11 N–H and O–H groups in total. The summed E-state index contributed by atoms with van der Waals surface area (Å²) in [4.78, 5) is 50.0. The van der Waals surface area contributed by atoms with Gasteiger partial charge in [0.15, 0.2) is 0 Å². The normalized spacial score (nSPS) is 14.2. The number of amides is 3. The zero-order valence-electron chi connectivity index (χ0n) is 20.9. The molecule has 0 aliphatic rings. The van der Waals surface area contributed by atoms with E-state index in [-0.39, 0.29) is 30.8 Å². The number of carbonyl (C=O) groups is 4. The van der Waals surface area contributed by atoms with Crippen LogP contribution in [0.2, 0.25) is 0 Å². The van der Waals surface area contributed by atoms with Gasteiger partial charge in [-0.15, -0.1) is 0 Å². The van der Waals surface area contributed by atoms with Crippen molar-refractivity contribution >= 4 is 36.3 Å². The van der Waals surface area contributed by atoms with Crippen molar-refractivity contribution in [3.05, 3.63) is 29.8 Å². The van der Waals surface area contributed by atoms with E-state index in [2.05, 4.69) is 28.6 Å². The van der Waals surface area contributed by atoms with E-state index in [9.17, 15) is 29.4 Å². The van der Waals surface area contributed by atoms with Gasteiger partial charge in [0, 0.05) is 5.75 Å². The Morgan fingerprint density at radius 1 is 0.784 bits per heavy atom. The maximum Gasteiger partial charge on any atom is 0.326 e. The Kier molecular flexibility index (Phi) is 15.3. The first kappa shape index (κ1) is 32.2. The summed E-state index contributed by atoms with van der Waals surface area (Å²) in [6.07, 6.45) is 2.89. The number of thiol groups is 1. The maximum absolute atomic E-state index is 12.9. The molecular weight excluding hydrogens is 500 g/mol. The Morgan fingerprint density at radius 3 is 1.78 bits per heavy atom. The zero-order chi connectivity index (χ0) is 27.8. The van der Waals surface area contributed by atoms with E-state index in [0.29, 0.717) is 38.8 Å². The first-order valence-electron chi connectivity index (χ1n) is 12.3. The van der Waals surface area contributed by atoms with Crippen LogP contribution in [0.4, 0.5) is 0 Å². The molecule has 0 spiro atoms. The van der Waals surface area contributed by atoms with E-state index < -0.39 is 47.9 Å². The molecule has 1 aromatic rings. The Hall–Kier alpha value is -2.87. The lowest BCUT2D eigenvalue weighted by Crippen LogP contribution is -2.57. The lowest BCUT2D eigenvalue weighted by molar-refractivity contribution is -0.142. The van der Waals surface area contributed by atoms with Crippen molar-refractivity contribution in [2.24, 2.45) is 17.2 Å². The summed E-state index contributed by atoms with van der Waals surface area (Å²) >= 11 is 4.15. The fraction of sp³-hybridized carbons (Fsp3) is 0.583. The molecule has 0 aromatic heterocycles. The van der Waals surface area contributed by atoms with Gasteiger partial charge >= 0.3 is 5.97 Å². The molecule has 1 aromatic carbocycles. The molecule has 4 atom stereocenters. The number of hydrogen-bond acceptors (Lipinski definition) is 9. The van der Waals surface area contributed by atoms with Crippen LogP contribution < -0.4 is 33.2 Å². The van der Waals surface area contributed by atoms with Crippen LogP contribution in [0.15, 0.2) is 24.3 Å².